The highest BCUT2D eigenvalue weighted by atomic mass is 127. The van der Waals surface area contributed by atoms with Gasteiger partial charge in [0.1, 0.15) is 0 Å². The summed E-state index contributed by atoms with van der Waals surface area (Å²) in [7, 11) is 2.01. The van der Waals surface area contributed by atoms with E-state index in [1.165, 1.54) is 43.7 Å². The smallest absolute Gasteiger partial charge is 0.191 e. The molecule has 0 bridgehead atoms. The van der Waals surface area contributed by atoms with E-state index in [1.54, 1.807) is 0 Å². The largest absolute Gasteiger partial charge is 0.357 e. The fourth-order valence-corrected chi connectivity index (χ4v) is 3.79. The molecule has 6 nitrogen and oxygen atoms in total. The monoisotopic (exact) mass is 504 g/mol. The van der Waals surface area contributed by atoms with Gasteiger partial charge < -0.3 is 15.5 Å². The van der Waals surface area contributed by atoms with Gasteiger partial charge in [0.15, 0.2) is 5.96 Å². The van der Waals surface area contributed by atoms with Crippen LogP contribution in [0.25, 0.3) is 0 Å². The zero-order chi connectivity index (χ0) is 19.8. The molecule has 2 heterocycles. The molecular weight excluding hydrogens is 463 g/mol. The predicted octanol–water partition coefficient (Wildman–Crippen LogP) is 3.26. The van der Waals surface area contributed by atoms with Crippen molar-refractivity contribution in [2.24, 2.45) is 18.0 Å². The second-order valence-electron chi connectivity index (χ2n) is 8.16. The van der Waals surface area contributed by atoms with Crippen LogP contribution < -0.4 is 10.6 Å². The Morgan fingerprint density at radius 3 is 2.54 bits per heavy atom. The van der Waals surface area contributed by atoms with Crippen LogP contribution in [0.3, 0.4) is 0 Å². The van der Waals surface area contributed by atoms with E-state index in [-0.39, 0.29) is 24.0 Å². The lowest BCUT2D eigenvalue weighted by molar-refractivity contribution is 0.192. The van der Waals surface area contributed by atoms with E-state index in [2.05, 4.69) is 55.3 Å². The first kappa shape index (κ1) is 25.2. The van der Waals surface area contributed by atoms with Crippen molar-refractivity contribution in [1.29, 1.82) is 0 Å². The van der Waals surface area contributed by atoms with Crippen molar-refractivity contribution < 1.29 is 0 Å². The van der Waals surface area contributed by atoms with Gasteiger partial charge in [-0.2, -0.15) is 5.10 Å². The lowest BCUT2D eigenvalue weighted by Gasteiger charge is -2.29. The average molecular weight is 505 g/mol. The fraction of sp³-hybridized carbons (Fsp3) is 0.810. The summed E-state index contributed by atoms with van der Waals surface area (Å²) in [5.74, 6) is 1.83. The molecule has 1 aromatic rings. The topological polar surface area (TPSA) is 57.5 Å². The molecule has 2 rings (SSSR count). The number of hydrogen-bond donors (Lipinski definition) is 2. The summed E-state index contributed by atoms with van der Waals surface area (Å²) in [6.07, 6.45) is 4.78. The highest BCUT2D eigenvalue weighted by Crippen LogP contribution is 2.16. The molecule has 1 aliphatic heterocycles. The first-order chi connectivity index (χ1) is 12.9. The van der Waals surface area contributed by atoms with E-state index in [0.717, 1.165) is 43.5 Å². The number of aryl methyl sites for hydroxylation is 2. The molecule has 0 aromatic carbocycles. The van der Waals surface area contributed by atoms with Crippen molar-refractivity contribution in [3.05, 3.63) is 17.0 Å². The number of guanidine groups is 1. The maximum Gasteiger partial charge on any atom is 0.191 e. The van der Waals surface area contributed by atoms with Crippen LogP contribution in [0.15, 0.2) is 4.99 Å². The Morgan fingerprint density at radius 2 is 1.96 bits per heavy atom. The molecule has 1 unspecified atom stereocenters. The van der Waals surface area contributed by atoms with Crippen LogP contribution in [-0.4, -0.2) is 59.4 Å². The van der Waals surface area contributed by atoms with E-state index >= 15 is 0 Å². The minimum atomic E-state index is 0. The van der Waals surface area contributed by atoms with E-state index in [4.69, 9.17) is 4.99 Å². The molecule has 2 N–H and O–H groups in total. The van der Waals surface area contributed by atoms with Crippen molar-refractivity contribution >= 4 is 29.9 Å². The van der Waals surface area contributed by atoms with Gasteiger partial charge >= 0.3 is 0 Å². The van der Waals surface area contributed by atoms with Crippen molar-refractivity contribution in [3.63, 3.8) is 0 Å². The molecule has 162 valence electrons. The fourth-order valence-electron chi connectivity index (χ4n) is 3.79. The molecule has 1 saturated heterocycles. The number of rotatable bonds is 8. The summed E-state index contributed by atoms with van der Waals surface area (Å²) in [5.41, 5.74) is 3.72. The van der Waals surface area contributed by atoms with Gasteiger partial charge in [0.2, 0.25) is 0 Å². The molecule has 0 saturated carbocycles. The van der Waals surface area contributed by atoms with Crippen LogP contribution in [0, 0.1) is 19.8 Å². The molecule has 1 fully saturated rings. The summed E-state index contributed by atoms with van der Waals surface area (Å²) >= 11 is 0. The Morgan fingerprint density at radius 1 is 1.29 bits per heavy atom. The van der Waals surface area contributed by atoms with Gasteiger partial charge in [-0.15, -0.1) is 24.0 Å². The lowest BCUT2D eigenvalue weighted by atomic mass is 9.99. The summed E-state index contributed by atoms with van der Waals surface area (Å²) in [6, 6.07) is 0.313. The summed E-state index contributed by atoms with van der Waals surface area (Å²) in [4.78, 5) is 7.38. The Hall–Kier alpha value is -0.830. The first-order valence-electron chi connectivity index (χ1n) is 10.7. The van der Waals surface area contributed by atoms with Gasteiger partial charge in [-0.1, -0.05) is 6.92 Å². The SMILES string of the molecule is CCNC(=NCCCN1CCC(C)CC1)NC(C)Cc1c(C)nn(C)c1C.I. The normalized spacial score (nSPS) is 17.3. The molecule has 1 atom stereocenters. The third-order valence-electron chi connectivity index (χ3n) is 5.68. The molecule has 0 amide bonds. The molecule has 1 aromatic heterocycles. The second-order valence-corrected chi connectivity index (χ2v) is 8.16. The van der Waals surface area contributed by atoms with Crippen molar-refractivity contribution in [2.45, 2.75) is 66.3 Å². The number of nitrogens with zero attached hydrogens (tertiary/aromatic N) is 4. The molecule has 1 aliphatic rings. The van der Waals surface area contributed by atoms with Gasteiger partial charge in [-0.25, -0.2) is 0 Å². The Balaban J connectivity index is 0.00000392. The highest BCUT2D eigenvalue weighted by Gasteiger charge is 2.15. The van der Waals surface area contributed by atoms with Gasteiger partial charge in [-0.3, -0.25) is 9.67 Å². The predicted molar refractivity (Wildman–Crippen MR) is 130 cm³/mol. The molecular formula is C21H41IN6. The number of hydrogen-bond acceptors (Lipinski definition) is 3. The Bertz CT molecular complexity index is 604. The zero-order valence-corrected chi connectivity index (χ0v) is 21.0. The van der Waals surface area contributed by atoms with E-state index in [9.17, 15) is 0 Å². The summed E-state index contributed by atoms with van der Waals surface area (Å²) in [6.45, 7) is 16.4. The van der Waals surface area contributed by atoms with Crippen molar-refractivity contribution in [3.8, 4) is 0 Å². The molecule has 7 heteroatoms. The van der Waals surface area contributed by atoms with Gasteiger partial charge in [0.05, 0.1) is 5.69 Å². The van der Waals surface area contributed by atoms with E-state index in [1.807, 2.05) is 11.7 Å². The zero-order valence-electron chi connectivity index (χ0n) is 18.7. The maximum atomic E-state index is 4.79. The number of piperidine rings is 1. The van der Waals surface area contributed by atoms with E-state index in [0.29, 0.717) is 6.04 Å². The molecule has 28 heavy (non-hydrogen) atoms. The highest BCUT2D eigenvalue weighted by molar-refractivity contribution is 14.0. The number of aliphatic imine (C=N–C) groups is 1. The molecule has 0 aliphatic carbocycles. The number of aromatic nitrogens is 2. The minimum Gasteiger partial charge on any atom is -0.357 e. The minimum absolute atomic E-state index is 0. The number of nitrogens with one attached hydrogen (secondary N) is 2. The van der Waals surface area contributed by atoms with Crippen LogP contribution in [-0.2, 0) is 13.5 Å². The van der Waals surface area contributed by atoms with Crippen molar-refractivity contribution in [1.82, 2.24) is 25.3 Å². The van der Waals surface area contributed by atoms with Crippen LogP contribution in [0.1, 0.15) is 57.0 Å². The third kappa shape index (κ3) is 7.89. The molecule has 0 spiro atoms. The maximum absolute atomic E-state index is 4.79. The average Bonchev–Trinajstić information content (AvgIpc) is 2.86. The van der Waals surface area contributed by atoms with Crippen LogP contribution in [0.5, 0.6) is 0 Å². The van der Waals surface area contributed by atoms with Crippen molar-refractivity contribution in [2.75, 3.05) is 32.7 Å². The lowest BCUT2D eigenvalue weighted by Crippen LogP contribution is -2.43. The standard InChI is InChI=1S/C21H40N6.HI/c1-7-22-21(23-11-8-12-27-13-9-16(2)10-14-27)24-17(3)15-20-18(4)25-26(6)19(20)5;/h16-17H,7-15H2,1-6H3,(H2,22,23,24);1H. The van der Waals surface area contributed by atoms with Crippen LogP contribution in [0.4, 0.5) is 0 Å². The van der Waals surface area contributed by atoms with Gasteiger partial charge in [0.25, 0.3) is 0 Å². The van der Waals surface area contributed by atoms with Gasteiger partial charge in [0, 0.05) is 31.9 Å². The van der Waals surface area contributed by atoms with E-state index < -0.39 is 0 Å². The van der Waals surface area contributed by atoms with Crippen LogP contribution >= 0.6 is 24.0 Å². The number of halogens is 1. The third-order valence-corrected chi connectivity index (χ3v) is 5.68. The number of likely N-dealkylation sites (tertiary alicyclic amines) is 1. The summed E-state index contributed by atoms with van der Waals surface area (Å²) < 4.78 is 1.97. The first-order valence-corrected chi connectivity index (χ1v) is 10.7. The quantitative estimate of drug-likeness (QED) is 0.247. The Kier molecular flexibility index (Phi) is 11.4. The second kappa shape index (κ2) is 12.7. The molecule has 0 radical (unpaired) electrons. The summed E-state index contributed by atoms with van der Waals surface area (Å²) in [5, 5.41) is 11.5. The van der Waals surface area contributed by atoms with Crippen LogP contribution in [0.2, 0.25) is 0 Å². The van der Waals surface area contributed by atoms with Gasteiger partial charge in [-0.05, 0) is 84.5 Å². The Labute approximate surface area is 189 Å².